The summed E-state index contributed by atoms with van der Waals surface area (Å²) in [6.45, 7) is 3.14. The average Bonchev–Trinajstić information content (AvgIpc) is 3.37. The van der Waals surface area contributed by atoms with Crippen molar-refractivity contribution in [2.45, 2.75) is 25.2 Å². The van der Waals surface area contributed by atoms with Crippen LogP contribution < -0.4 is 15.4 Å². The van der Waals surface area contributed by atoms with Gasteiger partial charge in [-0.2, -0.15) is 0 Å². The lowest BCUT2D eigenvalue weighted by molar-refractivity contribution is 0.251. The third kappa shape index (κ3) is 3.65. The van der Waals surface area contributed by atoms with E-state index in [2.05, 4.69) is 22.8 Å². The number of hydrogen-bond acceptors (Lipinski definition) is 2. The molecule has 0 spiro atoms. The smallest absolute Gasteiger partial charge is 0.319 e. The van der Waals surface area contributed by atoms with Crippen molar-refractivity contribution < 1.29 is 9.53 Å². The summed E-state index contributed by atoms with van der Waals surface area (Å²) in [5, 5.41) is 5.87. The Kier molecular flexibility index (Phi) is 4.51. The molecule has 0 heterocycles. The van der Waals surface area contributed by atoms with Gasteiger partial charge in [0.1, 0.15) is 5.75 Å². The Bertz CT molecular complexity index is 666. The second-order valence-corrected chi connectivity index (χ2v) is 5.88. The predicted molar refractivity (Wildman–Crippen MR) is 92.0 cm³/mol. The van der Waals surface area contributed by atoms with E-state index in [-0.39, 0.29) is 11.4 Å². The molecule has 2 aromatic rings. The molecule has 4 heteroatoms. The molecule has 0 aliphatic heterocycles. The molecule has 4 nitrogen and oxygen atoms in total. The highest BCUT2D eigenvalue weighted by Gasteiger charge is 2.44. The fourth-order valence-electron chi connectivity index (χ4n) is 2.78. The van der Waals surface area contributed by atoms with Gasteiger partial charge >= 0.3 is 6.03 Å². The number of nitrogens with one attached hydrogen (secondary N) is 2. The molecule has 0 unspecified atom stereocenters. The van der Waals surface area contributed by atoms with Crippen molar-refractivity contribution in [1.29, 1.82) is 0 Å². The van der Waals surface area contributed by atoms with Gasteiger partial charge in [0.15, 0.2) is 0 Å². The molecule has 2 amide bonds. The minimum absolute atomic E-state index is 0.109. The van der Waals surface area contributed by atoms with Gasteiger partial charge in [-0.3, -0.25) is 0 Å². The first kappa shape index (κ1) is 15.4. The summed E-state index contributed by atoms with van der Waals surface area (Å²) in [4.78, 5) is 12.2. The molecular formula is C19H22N2O2. The van der Waals surface area contributed by atoms with E-state index in [1.165, 1.54) is 5.56 Å². The van der Waals surface area contributed by atoms with E-state index in [9.17, 15) is 4.79 Å². The van der Waals surface area contributed by atoms with Gasteiger partial charge in [-0.25, -0.2) is 4.79 Å². The molecule has 3 rings (SSSR count). The van der Waals surface area contributed by atoms with E-state index in [0.717, 1.165) is 12.8 Å². The number of rotatable bonds is 6. The molecule has 1 aliphatic rings. The van der Waals surface area contributed by atoms with Crippen molar-refractivity contribution in [2.24, 2.45) is 0 Å². The summed E-state index contributed by atoms with van der Waals surface area (Å²) in [5.41, 5.74) is 2.10. The molecule has 1 fully saturated rings. The van der Waals surface area contributed by atoms with E-state index in [1.54, 1.807) is 0 Å². The maximum absolute atomic E-state index is 12.2. The van der Waals surface area contributed by atoms with Gasteiger partial charge in [-0.1, -0.05) is 42.5 Å². The molecule has 0 saturated heterocycles. The van der Waals surface area contributed by atoms with Gasteiger partial charge < -0.3 is 15.4 Å². The number of para-hydroxylation sites is 2. The van der Waals surface area contributed by atoms with E-state index >= 15 is 0 Å². The predicted octanol–water partition coefficient (Wildman–Crippen LogP) is 3.94. The molecule has 120 valence electrons. The van der Waals surface area contributed by atoms with Gasteiger partial charge in [0.25, 0.3) is 0 Å². The van der Waals surface area contributed by atoms with Crippen molar-refractivity contribution in [3.8, 4) is 5.75 Å². The molecule has 0 bridgehead atoms. The molecule has 2 aromatic carbocycles. The van der Waals surface area contributed by atoms with Crippen LogP contribution in [0.5, 0.6) is 5.75 Å². The van der Waals surface area contributed by atoms with Crippen LogP contribution >= 0.6 is 0 Å². The third-order valence-corrected chi connectivity index (χ3v) is 4.26. The van der Waals surface area contributed by atoms with E-state index in [0.29, 0.717) is 24.6 Å². The maximum Gasteiger partial charge on any atom is 0.319 e. The van der Waals surface area contributed by atoms with Gasteiger partial charge in [0, 0.05) is 12.0 Å². The lowest BCUT2D eigenvalue weighted by Crippen LogP contribution is -2.35. The Morgan fingerprint density at radius 2 is 1.78 bits per heavy atom. The van der Waals surface area contributed by atoms with Crippen LogP contribution in [0.1, 0.15) is 25.3 Å². The van der Waals surface area contributed by atoms with Crippen molar-refractivity contribution in [3.63, 3.8) is 0 Å². The number of ether oxygens (including phenoxy) is 1. The first-order valence-electron chi connectivity index (χ1n) is 8.06. The van der Waals surface area contributed by atoms with Crippen molar-refractivity contribution in [3.05, 3.63) is 60.2 Å². The summed E-state index contributed by atoms with van der Waals surface area (Å²) in [7, 11) is 0. The number of carbonyl (C=O) groups excluding carboxylic acids is 1. The summed E-state index contributed by atoms with van der Waals surface area (Å²) in [6.07, 6.45) is 2.24. The monoisotopic (exact) mass is 310 g/mol. The molecule has 0 atom stereocenters. The Hall–Kier alpha value is -2.49. The van der Waals surface area contributed by atoms with Crippen LogP contribution in [0.4, 0.5) is 10.5 Å². The summed E-state index contributed by atoms with van der Waals surface area (Å²) < 4.78 is 5.52. The second kappa shape index (κ2) is 6.73. The standard InChI is InChI=1S/C19H22N2O2/c1-2-23-17-11-7-6-10-16(17)21-18(22)20-14-19(12-13-19)15-8-4-3-5-9-15/h3-11H,2,12-14H2,1H3,(H2,20,21,22). The fourth-order valence-corrected chi connectivity index (χ4v) is 2.78. The zero-order chi connectivity index (χ0) is 16.1. The number of hydrogen-bond donors (Lipinski definition) is 2. The first-order valence-corrected chi connectivity index (χ1v) is 8.06. The summed E-state index contributed by atoms with van der Waals surface area (Å²) in [6, 6.07) is 17.7. The number of benzene rings is 2. The van der Waals surface area contributed by atoms with Gasteiger partial charge in [0.05, 0.1) is 12.3 Å². The van der Waals surface area contributed by atoms with Crippen LogP contribution in [0.15, 0.2) is 54.6 Å². The van der Waals surface area contributed by atoms with Crippen LogP contribution in [0, 0.1) is 0 Å². The zero-order valence-corrected chi connectivity index (χ0v) is 13.3. The average molecular weight is 310 g/mol. The molecule has 0 aromatic heterocycles. The quantitative estimate of drug-likeness (QED) is 0.849. The van der Waals surface area contributed by atoms with E-state index in [1.807, 2.05) is 49.4 Å². The van der Waals surface area contributed by atoms with E-state index < -0.39 is 0 Å². The summed E-state index contributed by atoms with van der Waals surface area (Å²) >= 11 is 0. The highest BCUT2D eigenvalue weighted by molar-refractivity contribution is 5.91. The van der Waals surface area contributed by atoms with Gasteiger partial charge in [-0.15, -0.1) is 0 Å². The van der Waals surface area contributed by atoms with Crippen LogP contribution in [0.3, 0.4) is 0 Å². The van der Waals surface area contributed by atoms with Crippen molar-refractivity contribution in [1.82, 2.24) is 5.32 Å². The lowest BCUT2D eigenvalue weighted by Gasteiger charge is -2.17. The highest BCUT2D eigenvalue weighted by atomic mass is 16.5. The normalized spacial score (nSPS) is 14.8. The Morgan fingerprint density at radius 3 is 2.48 bits per heavy atom. The zero-order valence-electron chi connectivity index (χ0n) is 13.3. The molecular weight excluding hydrogens is 288 g/mol. The molecule has 1 aliphatic carbocycles. The van der Waals surface area contributed by atoms with Crippen LogP contribution in [0.25, 0.3) is 0 Å². The van der Waals surface area contributed by atoms with Crippen molar-refractivity contribution in [2.75, 3.05) is 18.5 Å². The fraction of sp³-hybridized carbons (Fsp3) is 0.316. The maximum atomic E-state index is 12.2. The number of anilines is 1. The topological polar surface area (TPSA) is 50.4 Å². The largest absolute Gasteiger partial charge is 0.492 e. The first-order chi connectivity index (χ1) is 11.2. The Morgan fingerprint density at radius 1 is 1.09 bits per heavy atom. The number of urea groups is 1. The Balaban J connectivity index is 1.59. The molecule has 2 N–H and O–H groups in total. The van der Waals surface area contributed by atoms with Crippen molar-refractivity contribution >= 4 is 11.7 Å². The minimum Gasteiger partial charge on any atom is -0.492 e. The number of amides is 2. The van der Waals surface area contributed by atoms with Crippen LogP contribution in [0.2, 0.25) is 0 Å². The number of carbonyl (C=O) groups is 1. The SMILES string of the molecule is CCOc1ccccc1NC(=O)NCC1(c2ccccc2)CC1. The van der Waals surface area contributed by atoms with Gasteiger partial charge in [-0.05, 0) is 37.5 Å². The van der Waals surface area contributed by atoms with Crippen LogP contribution in [-0.2, 0) is 5.41 Å². The molecule has 1 saturated carbocycles. The summed E-state index contributed by atoms with van der Waals surface area (Å²) in [5.74, 6) is 0.689. The second-order valence-electron chi connectivity index (χ2n) is 5.88. The van der Waals surface area contributed by atoms with E-state index in [4.69, 9.17) is 4.74 Å². The molecule has 23 heavy (non-hydrogen) atoms. The third-order valence-electron chi connectivity index (χ3n) is 4.26. The Labute approximate surface area is 136 Å². The lowest BCUT2D eigenvalue weighted by atomic mass is 9.96. The molecule has 0 radical (unpaired) electrons. The minimum atomic E-state index is -0.195. The van der Waals surface area contributed by atoms with Gasteiger partial charge in [0.2, 0.25) is 0 Å². The highest BCUT2D eigenvalue weighted by Crippen LogP contribution is 2.47. The van der Waals surface area contributed by atoms with Crippen LogP contribution in [-0.4, -0.2) is 19.2 Å².